The highest BCUT2D eigenvalue weighted by molar-refractivity contribution is 6.04. The van der Waals surface area contributed by atoms with Crippen LogP contribution in [0.4, 0.5) is 0 Å². The fourth-order valence-electron chi connectivity index (χ4n) is 3.74. The van der Waals surface area contributed by atoms with Crippen LogP contribution in [-0.4, -0.2) is 30.0 Å². The Labute approximate surface area is 159 Å². The first-order valence-electron chi connectivity index (χ1n) is 9.82. The average molecular weight is 373 g/mol. The Hall–Kier alpha value is -2.37. The van der Waals surface area contributed by atoms with Crippen LogP contribution < -0.4 is 10.1 Å². The number of hydrogen-bond donors (Lipinski definition) is 1. The Bertz CT molecular complexity index is 710. The molecule has 1 N–H and O–H groups in total. The minimum Gasteiger partial charge on any atom is -0.462 e. The van der Waals surface area contributed by atoms with E-state index in [9.17, 15) is 14.4 Å². The second-order valence-corrected chi connectivity index (χ2v) is 7.41. The Morgan fingerprint density at radius 3 is 2.59 bits per heavy atom. The van der Waals surface area contributed by atoms with Crippen molar-refractivity contribution < 1.29 is 23.9 Å². The third kappa shape index (κ3) is 4.31. The summed E-state index contributed by atoms with van der Waals surface area (Å²) in [6.45, 7) is 3.65. The predicted octanol–water partition coefficient (Wildman–Crippen LogP) is 3.10. The van der Waals surface area contributed by atoms with Crippen molar-refractivity contribution in [3.8, 4) is 5.75 Å². The summed E-state index contributed by atoms with van der Waals surface area (Å²) in [5, 5.41) is 3.05. The van der Waals surface area contributed by atoms with Crippen molar-refractivity contribution in [3.05, 3.63) is 29.8 Å². The summed E-state index contributed by atoms with van der Waals surface area (Å²) in [5.74, 6) is -3.62. The first-order valence-corrected chi connectivity index (χ1v) is 9.82. The number of para-hydroxylation sites is 1. The molecule has 1 amide bonds. The number of rotatable bonds is 5. The van der Waals surface area contributed by atoms with E-state index < -0.39 is 23.8 Å². The lowest BCUT2D eigenvalue weighted by atomic mass is 9.82. The highest BCUT2D eigenvalue weighted by Crippen LogP contribution is 2.39. The van der Waals surface area contributed by atoms with E-state index >= 15 is 0 Å². The molecule has 0 bridgehead atoms. The van der Waals surface area contributed by atoms with E-state index in [0.29, 0.717) is 17.7 Å². The summed E-state index contributed by atoms with van der Waals surface area (Å²) in [5.41, 5.74) is 0.552. The van der Waals surface area contributed by atoms with E-state index in [1.54, 1.807) is 31.2 Å². The molecule has 0 spiro atoms. The van der Waals surface area contributed by atoms with Crippen molar-refractivity contribution in [1.29, 1.82) is 0 Å². The van der Waals surface area contributed by atoms with Crippen molar-refractivity contribution in [2.24, 2.45) is 5.92 Å². The fraction of sp³-hybridized carbons (Fsp3) is 0.571. The quantitative estimate of drug-likeness (QED) is 0.487. The van der Waals surface area contributed by atoms with E-state index in [0.717, 1.165) is 25.7 Å². The predicted molar refractivity (Wildman–Crippen MR) is 99.2 cm³/mol. The first kappa shape index (κ1) is 19.4. The molecule has 1 aliphatic carbocycles. The third-order valence-corrected chi connectivity index (χ3v) is 5.43. The van der Waals surface area contributed by atoms with Crippen LogP contribution >= 0.6 is 0 Å². The Balaban J connectivity index is 1.89. The summed E-state index contributed by atoms with van der Waals surface area (Å²) in [7, 11) is 0. The van der Waals surface area contributed by atoms with Gasteiger partial charge in [0.25, 0.3) is 0 Å². The number of carbonyl (C=O) groups excluding carboxylic acids is 3. The zero-order chi connectivity index (χ0) is 19.4. The van der Waals surface area contributed by atoms with Gasteiger partial charge in [-0.05, 0) is 32.3 Å². The van der Waals surface area contributed by atoms with Crippen LogP contribution in [0.3, 0.4) is 0 Å². The lowest BCUT2D eigenvalue weighted by molar-refractivity contribution is -0.165. The number of hydrogen-bond acceptors (Lipinski definition) is 5. The molecule has 1 aliphatic heterocycles. The van der Waals surface area contributed by atoms with Crippen molar-refractivity contribution in [3.63, 3.8) is 0 Å². The average Bonchev–Trinajstić information content (AvgIpc) is 2.67. The first-order chi connectivity index (χ1) is 13.0. The zero-order valence-electron chi connectivity index (χ0n) is 15.9. The Morgan fingerprint density at radius 1 is 1.19 bits per heavy atom. The van der Waals surface area contributed by atoms with Gasteiger partial charge >= 0.3 is 11.9 Å². The summed E-state index contributed by atoms with van der Waals surface area (Å²) in [6.07, 6.45) is 5.47. The summed E-state index contributed by atoms with van der Waals surface area (Å²) >= 11 is 0. The molecule has 0 saturated heterocycles. The molecule has 2 aliphatic rings. The molecular weight excluding hydrogens is 346 g/mol. The van der Waals surface area contributed by atoms with E-state index in [-0.39, 0.29) is 18.1 Å². The molecule has 1 fully saturated rings. The summed E-state index contributed by atoms with van der Waals surface area (Å²) in [4.78, 5) is 38.4. The number of benzene rings is 1. The van der Waals surface area contributed by atoms with Gasteiger partial charge in [-0.15, -0.1) is 0 Å². The molecule has 1 heterocycles. The molecule has 6 heteroatoms. The van der Waals surface area contributed by atoms with Crippen molar-refractivity contribution in [2.75, 3.05) is 0 Å². The van der Waals surface area contributed by atoms with Gasteiger partial charge < -0.3 is 14.8 Å². The van der Waals surface area contributed by atoms with E-state index in [1.165, 1.54) is 6.42 Å². The fourth-order valence-corrected chi connectivity index (χ4v) is 3.74. The van der Waals surface area contributed by atoms with Crippen LogP contribution in [0.15, 0.2) is 24.3 Å². The second-order valence-electron chi connectivity index (χ2n) is 7.41. The van der Waals surface area contributed by atoms with Gasteiger partial charge in [0.05, 0.1) is 12.0 Å². The molecule has 0 radical (unpaired) electrons. The molecule has 146 valence electrons. The molecular formula is C21H27NO5. The lowest BCUT2D eigenvalue weighted by Gasteiger charge is -2.32. The van der Waals surface area contributed by atoms with Gasteiger partial charge in [-0.3, -0.25) is 14.4 Å². The molecule has 3 unspecified atom stereocenters. The number of amides is 1. The highest BCUT2D eigenvalue weighted by atomic mass is 16.6. The van der Waals surface area contributed by atoms with Gasteiger partial charge in [-0.25, -0.2) is 0 Å². The normalized spacial score (nSPS) is 23.7. The van der Waals surface area contributed by atoms with E-state index in [1.807, 2.05) is 6.92 Å². The van der Waals surface area contributed by atoms with Gasteiger partial charge in [-0.2, -0.15) is 0 Å². The van der Waals surface area contributed by atoms with Gasteiger partial charge in [0, 0.05) is 11.6 Å². The number of esters is 2. The molecule has 6 nitrogen and oxygen atoms in total. The van der Waals surface area contributed by atoms with Crippen LogP contribution in [0.25, 0.3) is 0 Å². The minimum atomic E-state index is -1.28. The van der Waals surface area contributed by atoms with Crippen LogP contribution in [-0.2, 0) is 19.1 Å². The Kier molecular flexibility index (Phi) is 6.14. The maximum Gasteiger partial charge on any atom is 0.326 e. The number of carbonyl (C=O) groups is 3. The van der Waals surface area contributed by atoms with Crippen molar-refractivity contribution in [1.82, 2.24) is 5.32 Å². The molecule has 1 aromatic rings. The molecule has 3 atom stereocenters. The summed E-state index contributed by atoms with van der Waals surface area (Å²) in [6, 6.07) is 6.97. The smallest absolute Gasteiger partial charge is 0.326 e. The monoisotopic (exact) mass is 373 g/mol. The largest absolute Gasteiger partial charge is 0.462 e. The SMILES string of the molecule is CCC(C)OC(=O)C1C(=O)Oc2ccccc2C1C(=O)NC1CCCCC1. The topological polar surface area (TPSA) is 81.7 Å². The minimum absolute atomic E-state index is 0.0857. The number of ether oxygens (including phenoxy) is 2. The lowest BCUT2D eigenvalue weighted by Crippen LogP contribution is -2.48. The zero-order valence-corrected chi connectivity index (χ0v) is 15.9. The van der Waals surface area contributed by atoms with Crippen LogP contribution in [0.1, 0.15) is 63.9 Å². The van der Waals surface area contributed by atoms with Gasteiger partial charge in [-0.1, -0.05) is 44.4 Å². The second kappa shape index (κ2) is 8.55. The highest BCUT2D eigenvalue weighted by Gasteiger charge is 2.48. The molecule has 1 aromatic carbocycles. The number of fused-ring (bicyclic) bond motifs is 1. The molecule has 27 heavy (non-hydrogen) atoms. The summed E-state index contributed by atoms with van der Waals surface area (Å²) < 4.78 is 10.7. The standard InChI is InChI=1S/C21H27NO5/c1-3-13(2)26-20(24)18-17(19(23)22-14-9-5-4-6-10-14)15-11-7-8-12-16(15)27-21(18)25/h7-8,11-14,17-18H,3-6,9-10H2,1-2H3,(H,22,23). The van der Waals surface area contributed by atoms with E-state index in [4.69, 9.17) is 9.47 Å². The van der Waals surface area contributed by atoms with Crippen molar-refractivity contribution >= 4 is 17.8 Å². The van der Waals surface area contributed by atoms with Crippen LogP contribution in [0.5, 0.6) is 5.75 Å². The molecule has 0 aromatic heterocycles. The Morgan fingerprint density at radius 2 is 1.89 bits per heavy atom. The van der Waals surface area contributed by atoms with Crippen LogP contribution in [0.2, 0.25) is 0 Å². The third-order valence-electron chi connectivity index (χ3n) is 5.43. The maximum atomic E-state index is 13.1. The van der Waals surface area contributed by atoms with Gasteiger partial charge in [0.15, 0.2) is 5.92 Å². The maximum absolute atomic E-state index is 13.1. The van der Waals surface area contributed by atoms with Gasteiger partial charge in [0.1, 0.15) is 5.75 Å². The van der Waals surface area contributed by atoms with E-state index in [2.05, 4.69) is 5.32 Å². The van der Waals surface area contributed by atoms with Gasteiger partial charge in [0.2, 0.25) is 5.91 Å². The molecule has 3 rings (SSSR count). The molecule has 1 saturated carbocycles. The number of nitrogens with one attached hydrogen (secondary N) is 1. The van der Waals surface area contributed by atoms with Crippen LogP contribution in [0, 0.1) is 5.92 Å². The van der Waals surface area contributed by atoms with Crippen molar-refractivity contribution in [2.45, 2.75) is 70.4 Å².